The maximum Gasteiger partial charge on any atom is 0.229 e. The number of aryl methyl sites for hydroxylation is 1. The van der Waals surface area contributed by atoms with Crippen LogP contribution < -0.4 is 4.74 Å². The van der Waals surface area contributed by atoms with Gasteiger partial charge < -0.3 is 14.2 Å². The summed E-state index contributed by atoms with van der Waals surface area (Å²) < 4.78 is 10.9. The molecule has 0 radical (unpaired) electrons. The van der Waals surface area contributed by atoms with Gasteiger partial charge in [0.15, 0.2) is 5.82 Å². The minimum absolute atomic E-state index is 0.106. The molecule has 4 rings (SSSR count). The second-order valence-corrected chi connectivity index (χ2v) is 6.61. The SMILES string of the molecule is Cc1nc([C@H]2CCCN(C(=O)[C@@H]3COc4ccccc4C3)C2)no1. The number of fused-ring (bicyclic) bond motifs is 1. The standard InChI is InChI=1S/C18H21N3O3/c1-12-19-17(20-24-12)14-6-4-8-21(10-14)18(22)15-9-13-5-2-3-7-16(13)23-11-15/h2-3,5,7,14-15H,4,6,8-11H2,1H3/t14-,15-/m0/s1. The van der Waals surface area contributed by atoms with Gasteiger partial charge in [0, 0.05) is 25.9 Å². The van der Waals surface area contributed by atoms with E-state index in [1.807, 2.05) is 29.2 Å². The summed E-state index contributed by atoms with van der Waals surface area (Å²) in [7, 11) is 0. The Morgan fingerprint density at radius 2 is 2.21 bits per heavy atom. The van der Waals surface area contributed by atoms with E-state index >= 15 is 0 Å². The molecule has 6 heteroatoms. The molecule has 0 saturated carbocycles. The molecule has 0 spiro atoms. The number of piperidine rings is 1. The third-order valence-corrected chi connectivity index (χ3v) is 4.87. The van der Waals surface area contributed by atoms with Gasteiger partial charge in [-0.15, -0.1) is 0 Å². The number of benzene rings is 1. The lowest BCUT2D eigenvalue weighted by atomic mass is 9.92. The van der Waals surface area contributed by atoms with E-state index in [1.165, 1.54) is 0 Å². The van der Waals surface area contributed by atoms with E-state index in [-0.39, 0.29) is 17.7 Å². The molecule has 1 saturated heterocycles. The van der Waals surface area contributed by atoms with Gasteiger partial charge in [-0.1, -0.05) is 23.4 Å². The van der Waals surface area contributed by atoms with Crippen LogP contribution in [-0.4, -0.2) is 40.6 Å². The van der Waals surface area contributed by atoms with Crippen molar-refractivity contribution in [3.8, 4) is 5.75 Å². The quantitative estimate of drug-likeness (QED) is 0.847. The Balaban J connectivity index is 1.45. The van der Waals surface area contributed by atoms with Crippen LogP contribution in [0.25, 0.3) is 0 Å². The minimum atomic E-state index is -0.106. The van der Waals surface area contributed by atoms with Crippen molar-refractivity contribution in [2.24, 2.45) is 5.92 Å². The number of carbonyl (C=O) groups is 1. The first-order valence-corrected chi connectivity index (χ1v) is 8.50. The van der Waals surface area contributed by atoms with Gasteiger partial charge in [-0.05, 0) is 30.9 Å². The predicted molar refractivity (Wildman–Crippen MR) is 86.7 cm³/mol. The van der Waals surface area contributed by atoms with E-state index in [9.17, 15) is 4.79 Å². The van der Waals surface area contributed by atoms with Crippen molar-refractivity contribution in [3.05, 3.63) is 41.5 Å². The topological polar surface area (TPSA) is 68.5 Å². The second kappa shape index (κ2) is 6.26. The molecule has 6 nitrogen and oxygen atoms in total. The Labute approximate surface area is 140 Å². The molecule has 1 amide bonds. The summed E-state index contributed by atoms with van der Waals surface area (Å²) in [5, 5.41) is 4.03. The Hall–Kier alpha value is -2.37. The Morgan fingerprint density at radius 3 is 3.04 bits per heavy atom. The van der Waals surface area contributed by atoms with Crippen molar-refractivity contribution in [1.82, 2.24) is 15.0 Å². The van der Waals surface area contributed by atoms with Gasteiger partial charge in [-0.3, -0.25) is 4.79 Å². The lowest BCUT2D eigenvalue weighted by molar-refractivity contribution is -0.138. The molecule has 126 valence electrons. The third-order valence-electron chi connectivity index (χ3n) is 4.87. The summed E-state index contributed by atoms with van der Waals surface area (Å²) in [4.78, 5) is 19.2. The van der Waals surface area contributed by atoms with E-state index in [2.05, 4.69) is 10.1 Å². The molecule has 2 aliphatic heterocycles. The normalized spacial score (nSPS) is 23.5. The molecule has 24 heavy (non-hydrogen) atoms. The molecule has 1 aromatic carbocycles. The van der Waals surface area contributed by atoms with E-state index in [0.717, 1.165) is 42.9 Å². The summed E-state index contributed by atoms with van der Waals surface area (Å²) in [6.45, 7) is 3.71. The fourth-order valence-electron chi connectivity index (χ4n) is 3.61. The molecule has 2 aromatic rings. The van der Waals surface area contributed by atoms with Crippen LogP contribution in [0.3, 0.4) is 0 Å². The van der Waals surface area contributed by atoms with Crippen molar-refractivity contribution in [1.29, 1.82) is 0 Å². The lowest BCUT2D eigenvalue weighted by Gasteiger charge is -2.35. The van der Waals surface area contributed by atoms with Crippen LogP contribution in [0.4, 0.5) is 0 Å². The molecule has 0 unspecified atom stereocenters. The molecule has 1 aromatic heterocycles. The number of aromatic nitrogens is 2. The van der Waals surface area contributed by atoms with Crippen LogP contribution in [0.15, 0.2) is 28.8 Å². The van der Waals surface area contributed by atoms with Gasteiger partial charge in [0.2, 0.25) is 11.8 Å². The van der Waals surface area contributed by atoms with Crippen LogP contribution in [-0.2, 0) is 11.2 Å². The monoisotopic (exact) mass is 327 g/mol. The van der Waals surface area contributed by atoms with Gasteiger partial charge in [-0.25, -0.2) is 0 Å². The minimum Gasteiger partial charge on any atom is -0.492 e. The molecule has 2 aliphatic rings. The van der Waals surface area contributed by atoms with Crippen molar-refractivity contribution in [2.75, 3.05) is 19.7 Å². The maximum absolute atomic E-state index is 12.9. The molecule has 0 bridgehead atoms. The van der Waals surface area contributed by atoms with Crippen molar-refractivity contribution >= 4 is 5.91 Å². The predicted octanol–water partition coefficient (Wildman–Crippen LogP) is 2.34. The first-order chi connectivity index (χ1) is 11.7. The molecule has 0 aliphatic carbocycles. The van der Waals surface area contributed by atoms with Crippen LogP contribution in [0.2, 0.25) is 0 Å². The van der Waals surface area contributed by atoms with Gasteiger partial charge in [0.25, 0.3) is 0 Å². The summed E-state index contributed by atoms with van der Waals surface area (Å²) >= 11 is 0. The molecule has 2 atom stereocenters. The highest BCUT2D eigenvalue weighted by molar-refractivity contribution is 5.80. The first-order valence-electron chi connectivity index (χ1n) is 8.50. The molecule has 3 heterocycles. The zero-order chi connectivity index (χ0) is 16.5. The Kier molecular flexibility index (Phi) is 3.96. The van der Waals surface area contributed by atoms with Crippen LogP contribution in [0.1, 0.15) is 36.0 Å². The van der Waals surface area contributed by atoms with Crippen molar-refractivity contribution in [2.45, 2.75) is 32.1 Å². The van der Waals surface area contributed by atoms with E-state index < -0.39 is 0 Å². The zero-order valence-corrected chi connectivity index (χ0v) is 13.8. The van der Waals surface area contributed by atoms with Gasteiger partial charge in [0.05, 0.1) is 5.92 Å². The molecular formula is C18H21N3O3. The highest BCUT2D eigenvalue weighted by atomic mass is 16.5. The van der Waals surface area contributed by atoms with Crippen LogP contribution in [0.5, 0.6) is 5.75 Å². The number of carbonyl (C=O) groups excluding carboxylic acids is 1. The maximum atomic E-state index is 12.9. The number of rotatable bonds is 2. The molecule has 0 N–H and O–H groups in total. The van der Waals surface area contributed by atoms with Gasteiger partial charge in [-0.2, -0.15) is 4.98 Å². The van der Waals surface area contributed by atoms with Gasteiger partial charge >= 0.3 is 0 Å². The smallest absolute Gasteiger partial charge is 0.229 e. The zero-order valence-electron chi connectivity index (χ0n) is 13.8. The number of ether oxygens (including phenoxy) is 1. The highest BCUT2D eigenvalue weighted by Gasteiger charge is 2.33. The van der Waals surface area contributed by atoms with Crippen LogP contribution >= 0.6 is 0 Å². The average molecular weight is 327 g/mol. The Morgan fingerprint density at radius 1 is 1.33 bits per heavy atom. The summed E-state index contributed by atoms with van der Waals surface area (Å²) in [6, 6.07) is 7.95. The van der Waals surface area contributed by atoms with E-state index in [4.69, 9.17) is 9.26 Å². The highest BCUT2D eigenvalue weighted by Crippen LogP contribution is 2.30. The fraction of sp³-hybridized carbons (Fsp3) is 0.500. The largest absolute Gasteiger partial charge is 0.492 e. The average Bonchev–Trinajstić information content (AvgIpc) is 3.07. The number of amides is 1. The molecular weight excluding hydrogens is 306 g/mol. The van der Waals surface area contributed by atoms with E-state index in [1.54, 1.807) is 6.92 Å². The van der Waals surface area contributed by atoms with Gasteiger partial charge in [0.1, 0.15) is 12.4 Å². The number of hydrogen-bond donors (Lipinski definition) is 0. The Bertz CT molecular complexity index is 743. The molecule has 1 fully saturated rings. The number of para-hydroxylation sites is 1. The fourth-order valence-corrected chi connectivity index (χ4v) is 3.61. The summed E-state index contributed by atoms with van der Waals surface area (Å²) in [6.07, 6.45) is 2.71. The lowest BCUT2D eigenvalue weighted by Crippen LogP contribution is -2.45. The van der Waals surface area contributed by atoms with Crippen molar-refractivity contribution in [3.63, 3.8) is 0 Å². The van der Waals surface area contributed by atoms with E-state index in [0.29, 0.717) is 19.0 Å². The van der Waals surface area contributed by atoms with Crippen LogP contribution in [0, 0.1) is 12.8 Å². The number of likely N-dealkylation sites (tertiary alicyclic amines) is 1. The summed E-state index contributed by atoms with van der Waals surface area (Å²) in [5.74, 6) is 2.43. The third kappa shape index (κ3) is 2.88. The number of nitrogens with zero attached hydrogens (tertiary/aromatic N) is 3. The van der Waals surface area contributed by atoms with Crippen molar-refractivity contribution < 1.29 is 14.1 Å². The first kappa shape index (κ1) is 15.2. The second-order valence-electron chi connectivity index (χ2n) is 6.61. The number of hydrogen-bond acceptors (Lipinski definition) is 5. The summed E-state index contributed by atoms with van der Waals surface area (Å²) in [5.41, 5.74) is 1.12.